The van der Waals surface area contributed by atoms with Gasteiger partial charge in [-0.2, -0.15) is 0 Å². The summed E-state index contributed by atoms with van der Waals surface area (Å²) < 4.78 is 5.40. The van der Waals surface area contributed by atoms with Gasteiger partial charge in [0.1, 0.15) is 6.10 Å². The summed E-state index contributed by atoms with van der Waals surface area (Å²) in [5, 5.41) is 0. The van der Waals surface area contributed by atoms with Gasteiger partial charge in [-0.3, -0.25) is 4.79 Å². The van der Waals surface area contributed by atoms with Gasteiger partial charge in [0, 0.05) is 6.04 Å². The highest BCUT2D eigenvalue weighted by Gasteiger charge is 2.30. The molecular formula is C12H23NO2. The largest absolute Gasteiger partial charge is 0.462 e. The molecule has 0 aromatic rings. The van der Waals surface area contributed by atoms with Crippen molar-refractivity contribution in [2.45, 2.75) is 58.6 Å². The van der Waals surface area contributed by atoms with Crippen LogP contribution in [0.25, 0.3) is 0 Å². The van der Waals surface area contributed by atoms with Crippen molar-refractivity contribution >= 4 is 5.97 Å². The van der Waals surface area contributed by atoms with Gasteiger partial charge in [0.2, 0.25) is 0 Å². The van der Waals surface area contributed by atoms with Crippen molar-refractivity contribution in [1.29, 1.82) is 0 Å². The quantitative estimate of drug-likeness (QED) is 0.730. The third-order valence-electron chi connectivity index (χ3n) is 3.36. The molecular weight excluding hydrogens is 190 g/mol. The van der Waals surface area contributed by atoms with Crippen LogP contribution < -0.4 is 5.73 Å². The first-order valence-electron chi connectivity index (χ1n) is 5.98. The van der Waals surface area contributed by atoms with E-state index in [4.69, 9.17) is 10.5 Å². The van der Waals surface area contributed by atoms with Crippen LogP contribution in [0.5, 0.6) is 0 Å². The van der Waals surface area contributed by atoms with Gasteiger partial charge in [0.05, 0.1) is 5.92 Å². The van der Waals surface area contributed by atoms with E-state index in [-0.39, 0.29) is 24.0 Å². The van der Waals surface area contributed by atoms with Crippen LogP contribution in [-0.2, 0) is 9.53 Å². The highest BCUT2D eigenvalue weighted by Crippen LogP contribution is 2.25. The fourth-order valence-electron chi connectivity index (χ4n) is 1.86. The van der Waals surface area contributed by atoms with Gasteiger partial charge < -0.3 is 10.5 Å². The van der Waals surface area contributed by atoms with Gasteiger partial charge in [0.15, 0.2) is 0 Å². The summed E-state index contributed by atoms with van der Waals surface area (Å²) >= 11 is 0. The second-order valence-corrected chi connectivity index (χ2v) is 4.94. The van der Waals surface area contributed by atoms with Crippen LogP contribution >= 0.6 is 0 Å². The molecule has 3 atom stereocenters. The molecule has 3 unspecified atom stereocenters. The van der Waals surface area contributed by atoms with E-state index in [0.29, 0.717) is 5.92 Å². The Morgan fingerprint density at radius 2 is 1.87 bits per heavy atom. The molecule has 0 aliphatic heterocycles. The standard InChI is InChI=1S/C12H23NO2/c1-8(2)9(3)15-12(14)10-6-4-5-7-11(10)13/h8-11H,4-7,13H2,1-3H3. The fourth-order valence-corrected chi connectivity index (χ4v) is 1.86. The smallest absolute Gasteiger partial charge is 0.310 e. The number of esters is 1. The Balaban J connectivity index is 2.45. The molecule has 0 aromatic carbocycles. The van der Waals surface area contributed by atoms with Gasteiger partial charge in [-0.05, 0) is 25.7 Å². The average Bonchev–Trinajstić information content (AvgIpc) is 2.18. The van der Waals surface area contributed by atoms with Crippen LogP contribution in [0.3, 0.4) is 0 Å². The summed E-state index contributed by atoms with van der Waals surface area (Å²) in [7, 11) is 0. The number of rotatable bonds is 3. The first-order chi connectivity index (χ1) is 7.02. The second-order valence-electron chi connectivity index (χ2n) is 4.94. The second kappa shape index (κ2) is 5.50. The topological polar surface area (TPSA) is 52.3 Å². The summed E-state index contributed by atoms with van der Waals surface area (Å²) in [6.07, 6.45) is 4.08. The molecule has 1 aliphatic rings. The third kappa shape index (κ3) is 3.49. The lowest BCUT2D eigenvalue weighted by atomic mass is 9.85. The molecule has 15 heavy (non-hydrogen) atoms. The summed E-state index contributed by atoms with van der Waals surface area (Å²) in [4.78, 5) is 11.8. The van der Waals surface area contributed by atoms with Crippen molar-refractivity contribution in [3.8, 4) is 0 Å². The molecule has 0 radical (unpaired) electrons. The molecule has 1 saturated carbocycles. The van der Waals surface area contributed by atoms with Crippen LogP contribution in [-0.4, -0.2) is 18.1 Å². The predicted octanol–water partition coefficient (Wildman–Crippen LogP) is 2.09. The highest BCUT2D eigenvalue weighted by atomic mass is 16.5. The lowest BCUT2D eigenvalue weighted by molar-refractivity contribution is -0.157. The van der Waals surface area contributed by atoms with Crippen molar-refractivity contribution in [2.75, 3.05) is 0 Å². The predicted molar refractivity (Wildman–Crippen MR) is 60.3 cm³/mol. The average molecular weight is 213 g/mol. The molecule has 0 aromatic heterocycles. The minimum Gasteiger partial charge on any atom is -0.462 e. The number of nitrogens with two attached hydrogens (primary N) is 1. The van der Waals surface area contributed by atoms with Gasteiger partial charge in [-0.15, -0.1) is 0 Å². The maximum absolute atomic E-state index is 11.8. The Kier molecular flexibility index (Phi) is 4.58. The normalized spacial score (nSPS) is 28.9. The van der Waals surface area contributed by atoms with E-state index < -0.39 is 0 Å². The summed E-state index contributed by atoms with van der Waals surface area (Å²) in [6, 6.07) is 0.00520. The molecule has 88 valence electrons. The van der Waals surface area contributed by atoms with Crippen molar-refractivity contribution in [3.05, 3.63) is 0 Å². The number of hydrogen-bond donors (Lipinski definition) is 1. The Morgan fingerprint density at radius 1 is 1.27 bits per heavy atom. The molecule has 1 rings (SSSR count). The van der Waals surface area contributed by atoms with Gasteiger partial charge in [0.25, 0.3) is 0 Å². The summed E-state index contributed by atoms with van der Waals surface area (Å²) in [5.74, 6) is 0.206. The zero-order valence-corrected chi connectivity index (χ0v) is 10.0. The summed E-state index contributed by atoms with van der Waals surface area (Å²) in [5.41, 5.74) is 5.93. The Morgan fingerprint density at radius 3 is 2.40 bits per heavy atom. The molecule has 1 fully saturated rings. The van der Waals surface area contributed by atoms with Gasteiger partial charge in [-0.1, -0.05) is 26.7 Å². The minimum atomic E-state index is -0.0941. The first kappa shape index (κ1) is 12.5. The lowest BCUT2D eigenvalue weighted by Crippen LogP contribution is -2.40. The monoisotopic (exact) mass is 213 g/mol. The van der Waals surface area contributed by atoms with E-state index in [9.17, 15) is 4.79 Å². The van der Waals surface area contributed by atoms with Crippen LogP contribution in [0.1, 0.15) is 46.5 Å². The van der Waals surface area contributed by atoms with Crippen molar-refractivity contribution in [3.63, 3.8) is 0 Å². The number of hydrogen-bond acceptors (Lipinski definition) is 3. The molecule has 0 bridgehead atoms. The Bertz CT molecular complexity index is 216. The third-order valence-corrected chi connectivity index (χ3v) is 3.36. The molecule has 1 aliphatic carbocycles. The summed E-state index contributed by atoms with van der Waals surface area (Å²) in [6.45, 7) is 6.05. The van der Waals surface area contributed by atoms with Gasteiger partial charge >= 0.3 is 5.97 Å². The van der Waals surface area contributed by atoms with E-state index in [1.165, 1.54) is 0 Å². The zero-order valence-electron chi connectivity index (χ0n) is 10.0. The molecule has 3 heteroatoms. The number of carbonyl (C=O) groups is 1. The Hall–Kier alpha value is -0.570. The van der Waals surface area contributed by atoms with E-state index in [0.717, 1.165) is 25.7 Å². The zero-order chi connectivity index (χ0) is 11.4. The van der Waals surface area contributed by atoms with E-state index in [1.807, 2.05) is 6.92 Å². The number of carbonyl (C=O) groups excluding carboxylic acids is 1. The molecule has 0 spiro atoms. The van der Waals surface area contributed by atoms with Gasteiger partial charge in [-0.25, -0.2) is 0 Å². The molecule has 2 N–H and O–H groups in total. The molecule has 0 heterocycles. The van der Waals surface area contributed by atoms with E-state index >= 15 is 0 Å². The molecule has 3 nitrogen and oxygen atoms in total. The van der Waals surface area contributed by atoms with Crippen LogP contribution in [0.15, 0.2) is 0 Å². The first-order valence-corrected chi connectivity index (χ1v) is 5.98. The molecule has 0 saturated heterocycles. The van der Waals surface area contributed by atoms with Crippen molar-refractivity contribution in [2.24, 2.45) is 17.6 Å². The molecule has 0 amide bonds. The Labute approximate surface area is 92.4 Å². The van der Waals surface area contributed by atoms with Crippen LogP contribution in [0, 0.1) is 11.8 Å². The van der Waals surface area contributed by atoms with Crippen molar-refractivity contribution in [1.82, 2.24) is 0 Å². The SMILES string of the molecule is CC(C)C(C)OC(=O)C1CCCCC1N. The number of ether oxygens (including phenoxy) is 1. The van der Waals surface area contributed by atoms with Crippen molar-refractivity contribution < 1.29 is 9.53 Å². The van der Waals surface area contributed by atoms with Crippen LogP contribution in [0.4, 0.5) is 0 Å². The highest BCUT2D eigenvalue weighted by molar-refractivity contribution is 5.73. The maximum atomic E-state index is 11.8. The maximum Gasteiger partial charge on any atom is 0.310 e. The van der Waals surface area contributed by atoms with E-state index in [2.05, 4.69) is 13.8 Å². The lowest BCUT2D eigenvalue weighted by Gasteiger charge is -2.28. The van der Waals surface area contributed by atoms with E-state index in [1.54, 1.807) is 0 Å². The fraction of sp³-hybridized carbons (Fsp3) is 0.917. The minimum absolute atomic E-state index is 0.00520. The van der Waals surface area contributed by atoms with Crippen LogP contribution in [0.2, 0.25) is 0 Å².